The van der Waals surface area contributed by atoms with Gasteiger partial charge >= 0.3 is 14.1 Å². The minimum atomic E-state index is -5.96. The van der Waals surface area contributed by atoms with Gasteiger partial charge in [0.05, 0.1) is 12.4 Å². The number of nitrogens with one attached hydrogen (secondary N) is 1. The maximum Gasteiger partial charge on any atom is 0.413 e. The van der Waals surface area contributed by atoms with Crippen LogP contribution >= 0.6 is 0 Å². The summed E-state index contributed by atoms with van der Waals surface area (Å²) >= 11 is -5.96. The van der Waals surface area contributed by atoms with Crippen LogP contribution in [0.1, 0.15) is 71.1 Å². The molecular formula is C32H28AlF15N2. The van der Waals surface area contributed by atoms with Crippen molar-refractivity contribution in [3.8, 4) is 0 Å². The third-order valence-corrected chi connectivity index (χ3v) is 11.1. The third kappa shape index (κ3) is 8.73. The fourth-order valence-corrected chi connectivity index (χ4v) is 8.42. The summed E-state index contributed by atoms with van der Waals surface area (Å²) in [6, 6.07) is 0. The maximum atomic E-state index is 14.4. The van der Waals surface area contributed by atoms with Gasteiger partial charge in [-0.3, -0.25) is 4.99 Å². The molecule has 0 atom stereocenters. The molecule has 50 heavy (non-hydrogen) atoms. The van der Waals surface area contributed by atoms with Gasteiger partial charge in [-0.15, -0.1) is 0 Å². The van der Waals surface area contributed by atoms with Crippen LogP contribution in [0.3, 0.4) is 0 Å². The zero-order valence-corrected chi connectivity index (χ0v) is 27.3. The van der Waals surface area contributed by atoms with Crippen LogP contribution in [-0.2, 0) is 0 Å². The molecule has 0 fully saturated rings. The zero-order chi connectivity index (χ0) is 37.4. The number of amidine groups is 1. The third-order valence-electron chi connectivity index (χ3n) is 7.86. The standard InChI is InChI=1S/C14H28N2.3C6F5.Al/c1-2-3-4-5-6-7-8-9-10-11-14-15-12-13-16-14;3*7-2-1-3(8)5(10)6(11)4(2)9;/h2-13H2,1H3,(H,15,16);;;;. The molecular weight excluding hydrogens is 724 g/mol. The van der Waals surface area contributed by atoms with Gasteiger partial charge in [0.15, 0.2) is 87.3 Å². The quantitative estimate of drug-likeness (QED) is 0.0616. The minimum Gasteiger partial charge on any atom is -0.372 e. The van der Waals surface area contributed by atoms with Crippen LogP contribution in [0.25, 0.3) is 0 Å². The highest BCUT2D eigenvalue weighted by molar-refractivity contribution is 6.95. The molecule has 1 aliphatic rings. The Morgan fingerprint density at radius 3 is 0.980 bits per heavy atom. The monoisotopic (exact) mass is 752 g/mol. The van der Waals surface area contributed by atoms with E-state index in [-0.39, 0.29) is 0 Å². The van der Waals surface area contributed by atoms with Gasteiger partial charge in [0.25, 0.3) is 0 Å². The first-order valence-electron chi connectivity index (χ1n) is 15.4. The highest BCUT2D eigenvalue weighted by atomic mass is 27.2. The lowest BCUT2D eigenvalue weighted by atomic mass is 10.1. The van der Waals surface area contributed by atoms with E-state index < -0.39 is 115 Å². The van der Waals surface area contributed by atoms with Crippen LogP contribution in [0.5, 0.6) is 0 Å². The van der Waals surface area contributed by atoms with Gasteiger partial charge < -0.3 is 5.32 Å². The number of unbranched alkanes of at least 4 members (excludes halogenated alkanes) is 8. The van der Waals surface area contributed by atoms with Gasteiger partial charge in [-0.2, -0.15) is 0 Å². The van der Waals surface area contributed by atoms with Crippen molar-refractivity contribution in [3.63, 3.8) is 0 Å². The van der Waals surface area contributed by atoms with E-state index in [4.69, 9.17) is 0 Å². The van der Waals surface area contributed by atoms with Gasteiger partial charge in [0.1, 0.15) is 0 Å². The molecule has 0 bridgehead atoms. The Labute approximate surface area is 280 Å². The smallest absolute Gasteiger partial charge is 0.372 e. The first kappa shape index (κ1) is 41.0. The predicted octanol–water partition coefficient (Wildman–Crippen LogP) is 8.20. The van der Waals surface area contributed by atoms with E-state index in [1.165, 1.54) is 70.0 Å². The number of hydrogen-bond acceptors (Lipinski definition) is 2. The Bertz CT molecular complexity index is 1480. The van der Waals surface area contributed by atoms with Crippen molar-refractivity contribution in [1.82, 2.24) is 5.32 Å². The Morgan fingerprint density at radius 2 is 0.700 bits per heavy atom. The van der Waals surface area contributed by atoms with Gasteiger partial charge in [-0.1, -0.05) is 58.3 Å². The molecule has 0 unspecified atom stereocenters. The van der Waals surface area contributed by atoms with Crippen LogP contribution in [-0.4, -0.2) is 33.1 Å². The second kappa shape index (κ2) is 18.2. The summed E-state index contributed by atoms with van der Waals surface area (Å²) in [4.78, 5) is 4.41. The van der Waals surface area contributed by atoms with E-state index in [2.05, 4.69) is 17.2 Å². The van der Waals surface area contributed by atoms with Crippen molar-refractivity contribution in [1.29, 1.82) is 0 Å². The molecule has 0 radical (unpaired) electrons. The van der Waals surface area contributed by atoms with E-state index >= 15 is 0 Å². The Morgan fingerprint density at radius 1 is 0.420 bits per heavy atom. The number of benzene rings is 3. The molecule has 3 aromatic rings. The normalized spacial score (nSPS) is 12.5. The largest absolute Gasteiger partial charge is 0.413 e. The van der Waals surface area contributed by atoms with Crippen molar-refractivity contribution in [2.45, 2.75) is 71.1 Å². The van der Waals surface area contributed by atoms with Crippen LogP contribution in [0.15, 0.2) is 4.99 Å². The number of rotatable bonds is 13. The molecule has 0 saturated carbocycles. The summed E-state index contributed by atoms with van der Waals surface area (Å²) in [5.41, 5.74) is 0. The molecule has 4 rings (SSSR count). The molecule has 0 amide bonds. The first-order chi connectivity index (χ1) is 23.6. The van der Waals surface area contributed by atoms with Crippen molar-refractivity contribution >= 4 is 33.3 Å². The molecule has 18 heteroatoms. The van der Waals surface area contributed by atoms with Gasteiger partial charge in [0, 0.05) is 13.0 Å². The van der Waals surface area contributed by atoms with Crippen LogP contribution in [0, 0.1) is 87.3 Å². The number of nitrogens with zero attached hydrogens (tertiary/aromatic N) is 1. The first-order valence-corrected chi connectivity index (χ1v) is 17.1. The molecule has 0 saturated heterocycles. The van der Waals surface area contributed by atoms with Crippen molar-refractivity contribution < 1.29 is 65.9 Å². The van der Waals surface area contributed by atoms with E-state index in [0.717, 1.165) is 13.1 Å². The summed E-state index contributed by atoms with van der Waals surface area (Å²) < 4.78 is 201. The van der Waals surface area contributed by atoms with Crippen LogP contribution < -0.4 is 18.6 Å². The predicted molar refractivity (Wildman–Crippen MR) is 156 cm³/mol. The molecule has 2 nitrogen and oxygen atoms in total. The molecule has 274 valence electrons. The average molecular weight is 753 g/mol. The minimum absolute atomic E-state index is 0.993. The topological polar surface area (TPSA) is 24.4 Å². The number of aliphatic imine (C=N–C) groups is 1. The summed E-state index contributed by atoms with van der Waals surface area (Å²) in [5.74, 6) is -43.3. The highest BCUT2D eigenvalue weighted by Gasteiger charge is 2.47. The maximum absolute atomic E-state index is 14.4. The lowest BCUT2D eigenvalue weighted by molar-refractivity contribution is 0.380. The van der Waals surface area contributed by atoms with Gasteiger partial charge in [0.2, 0.25) is 0 Å². The van der Waals surface area contributed by atoms with Gasteiger partial charge in [-0.05, 0) is 19.7 Å². The SMILES string of the molecule is CCCCCCCCCCCC1=NCCN1.Fc1c(F)c(F)[c]([Al]([c]2c(F)c(F)c(F)c(F)c2F)[c]2c(F)c(F)c(F)c(F)c2F)c(F)c1F. The Hall–Kier alpha value is -3.39. The van der Waals surface area contributed by atoms with Crippen LogP contribution in [0.4, 0.5) is 65.9 Å². The molecule has 0 spiro atoms. The summed E-state index contributed by atoms with van der Waals surface area (Å²) in [5, 5.41) is 3.33. The number of halogens is 15. The van der Waals surface area contributed by atoms with Crippen molar-refractivity contribution in [3.05, 3.63) is 87.3 Å². The van der Waals surface area contributed by atoms with E-state index in [9.17, 15) is 65.9 Å². The Balaban J connectivity index is 0.000000354. The average Bonchev–Trinajstić information content (AvgIpc) is 3.63. The van der Waals surface area contributed by atoms with Crippen LogP contribution in [0.2, 0.25) is 0 Å². The second-order valence-electron chi connectivity index (χ2n) is 11.2. The second-order valence-corrected chi connectivity index (χ2v) is 13.8. The van der Waals surface area contributed by atoms with E-state index in [1.54, 1.807) is 0 Å². The zero-order valence-electron chi connectivity index (χ0n) is 26.2. The lowest BCUT2D eigenvalue weighted by Gasteiger charge is -2.20. The lowest BCUT2D eigenvalue weighted by Crippen LogP contribution is -2.60. The van der Waals surface area contributed by atoms with Crippen molar-refractivity contribution in [2.24, 2.45) is 4.99 Å². The number of hydrogen-bond donors (Lipinski definition) is 1. The molecule has 0 aromatic heterocycles. The molecule has 1 heterocycles. The van der Waals surface area contributed by atoms with E-state index in [1.807, 2.05) is 0 Å². The van der Waals surface area contributed by atoms with E-state index in [0.29, 0.717) is 0 Å². The fraction of sp³-hybridized carbons (Fsp3) is 0.406. The summed E-state index contributed by atoms with van der Waals surface area (Å²) in [6.07, 6.45) is 13.8. The van der Waals surface area contributed by atoms with Gasteiger partial charge in [-0.25, -0.2) is 65.9 Å². The molecule has 0 aliphatic carbocycles. The summed E-state index contributed by atoms with van der Waals surface area (Å²) in [7, 11) is 0. The molecule has 1 aliphatic heterocycles. The summed E-state index contributed by atoms with van der Waals surface area (Å²) in [6.45, 7) is 4.33. The molecule has 1 N–H and O–H groups in total. The fourth-order valence-electron chi connectivity index (χ4n) is 5.28. The van der Waals surface area contributed by atoms with Crippen molar-refractivity contribution in [2.75, 3.05) is 13.1 Å². The molecule has 3 aromatic carbocycles. The Kier molecular flexibility index (Phi) is 14.9. The highest BCUT2D eigenvalue weighted by Crippen LogP contribution is 2.23.